The molecule has 0 bridgehead atoms. The molecule has 2 aromatic carbocycles. The van der Waals surface area contributed by atoms with Crippen molar-refractivity contribution in [3.8, 4) is 11.8 Å². The Balaban J connectivity index is 1.43. The van der Waals surface area contributed by atoms with Crippen LogP contribution < -0.4 is 0 Å². The zero-order chi connectivity index (χ0) is 21.8. The van der Waals surface area contributed by atoms with Crippen LogP contribution in [0, 0.1) is 35.3 Å². The molecule has 3 unspecified atom stereocenters. The Bertz CT molecular complexity index is 961. The largest absolute Gasteiger partial charge is 0.205 e. The summed E-state index contributed by atoms with van der Waals surface area (Å²) in [7, 11) is 0. The SMILES string of the molecule is CCCCCCC1CCC2c3ccc(C#Cc4cc(F)c(Cl)c(F)c4)cc3CCC2C1. The van der Waals surface area contributed by atoms with Crippen LogP contribution >= 0.6 is 11.6 Å². The molecule has 0 amide bonds. The van der Waals surface area contributed by atoms with Crippen LogP contribution in [-0.4, -0.2) is 0 Å². The Kier molecular flexibility index (Phi) is 7.34. The molecule has 0 saturated heterocycles. The molecule has 1 saturated carbocycles. The molecule has 0 N–H and O–H groups in total. The Morgan fingerprint density at radius 2 is 1.71 bits per heavy atom. The summed E-state index contributed by atoms with van der Waals surface area (Å²) in [4.78, 5) is 0. The maximum absolute atomic E-state index is 13.6. The standard InChI is InChI=1S/C28H31ClF2/c1-2-3-4-5-6-19-9-13-24-22(15-19)11-12-23-16-20(10-14-25(23)24)7-8-21-17-26(30)28(29)27(31)18-21/h10,14,16-19,22,24H,2-6,9,11-13,15H2,1H3. The van der Waals surface area contributed by atoms with Crippen molar-refractivity contribution in [1.82, 2.24) is 0 Å². The normalized spacial score (nSPS) is 22.3. The van der Waals surface area contributed by atoms with Crippen LogP contribution in [0.15, 0.2) is 30.3 Å². The highest BCUT2D eigenvalue weighted by atomic mass is 35.5. The summed E-state index contributed by atoms with van der Waals surface area (Å²) in [5.41, 5.74) is 4.12. The number of hydrogen-bond acceptors (Lipinski definition) is 0. The highest BCUT2D eigenvalue weighted by molar-refractivity contribution is 6.30. The third-order valence-electron chi connectivity index (χ3n) is 7.22. The van der Waals surface area contributed by atoms with Gasteiger partial charge in [-0.05, 0) is 85.3 Å². The van der Waals surface area contributed by atoms with E-state index in [1.165, 1.54) is 81.0 Å². The van der Waals surface area contributed by atoms with Gasteiger partial charge in [-0.25, -0.2) is 8.78 Å². The summed E-state index contributed by atoms with van der Waals surface area (Å²) in [6.07, 6.45) is 13.3. The number of aryl methyl sites for hydroxylation is 1. The monoisotopic (exact) mass is 440 g/mol. The van der Waals surface area contributed by atoms with E-state index in [0.717, 1.165) is 23.8 Å². The summed E-state index contributed by atoms with van der Waals surface area (Å²) >= 11 is 5.55. The second-order valence-corrected chi connectivity index (χ2v) is 9.73. The minimum atomic E-state index is -0.775. The fourth-order valence-electron chi connectivity index (χ4n) is 5.59. The molecule has 2 aromatic rings. The predicted molar refractivity (Wildman–Crippen MR) is 124 cm³/mol. The fraction of sp³-hybridized carbons (Fsp3) is 0.500. The average Bonchev–Trinajstić information content (AvgIpc) is 2.78. The van der Waals surface area contributed by atoms with Crippen LogP contribution in [-0.2, 0) is 6.42 Å². The highest BCUT2D eigenvalue weighted by Gasteiger charge is 2.34. The highest BCUT2D eigenvalue weighted by Crippen LogP contribution is 2.48. The van der Waals surface area contributed by atoms with Gasteiger partial charge in [0.25, 0.3) is 0 Å². The average molecular weight is 441 g/mol. The van der Waals surface area contributed by atoms with E-state index in [2.05, 4.69) is 37.0 Å². The Hall–Kier alpha value is -1.85. The van der Waals surface area contributed by atoms with Gasteiger partial charge in [0.15, 0.2) is 0 Å². The molecule has 0 heterocycles. The lowest BCUT2D eigenvalue weighted by atomic mass is 9.64. The van der Waals surface area contributed by atoms with Gasteiger partial charge >= 0.3 is 0 Å². The number of unbranched alkanes of at least 4 members (excludes halogenated alkanes) is 3. The maximum atomic E-state index is 13.6. The zero-order valence-electron chi connectivity index (χ0n) is 18.3. The minimum absolute atomic E-state index is 0.300. The van der Waals surface area contributed by atoms with Crippen molar-refractivity contribution < 1.29 is 8.78 Å². The molecule has 0 spiro atoms. The van der Waals surface area contributed by atoms with Gasteiger partial charge in [-0.15, -0.1) is 0 Å². The van der Waals surface area contributed by atoms with Crippen LogP contribution in [0.2, 0.25) is 5.02 Å². The summed E-state index contributed by atoms with van der Waals surface area (Å²) in [5.74, 6) is 6.84. The van der Waals surface area contributed by atoms with Gasteiger partial charge in [0.05, 0.1) is 0 Å². The summed E-state index contributed by atoms with van der Waals surface area (Å²) in [6.45, 7) is 2.28. The van der Waals surface area contributed by atoms with E-state index in [4.69, 9.17) is 11.6 Å². The molecular weight excluding hydrogens is 410 g/mol. The number of halogens is 3. The molecule has 4 rings (SSSR count). The van der Waals surface area contributed by atoms with Gasteiger partial charge in [-0.1, -0.05) is 68.5 Å². The van der Waals surface area contributed by atoms with E-state index >= 15 is 0 Å². The van der Waals surface area contributed by atoms with E-state index in [1.54, 1.807) is 0 Å². The lowest BCUT2D eigenvalue weighted by molar-refractivity contribution is 0.199. The quantitative estimate of drug-likeness (QED) is 0.248. The first-order chi connectivity index (χ1) is 15.0. The molecule has 164 valence electrons. The van der Waals surface area contributed by atoms with Gasteiger partial charge in [0.2, 0.25) is 0 Å². The van der Waals surface area contributed by atoms with Crippen LogP contribution in [0.25, 0.3) is 0 Å². The number of fused-ring (bicyclic) bond motifs is 3. The van der Waals surface area contributed by atoms with E-state index < -0.39 is 16.7 Å². The van der Waals surface area contributed by atoms with Crippen molar-refractivity contribution in [2.45, 2.75) is 77.0 Å². The molecule has 2 aliphatic rings. The lowest BCUT2D eigenvalue weighted by Gasteiger charge is -2.40. The molecule has 1 fully saturated rings. The van der Waals surface area contributed by atoms with Crippen molar-refractivity contribution in [3.63, 3.8) is 0 Å². The first kappa shape index (κ1) is 22.3. The second kappa shape index (κ2) is 10.2. The number of rotatable bonds is 5. The third-order valence-corrected chi connectivity index (χ3v) is 7.58. The second-order valence-electron chi connectivity index (χ2n) is 9.35. The molecule has 0 aliphatic heterocycles. The van der Waals surface area contributed by atoms with E-state index in [-0.39, 0.29) is 0 Å². The van der Waals surface area contributed by atoms with Crippen molar-refractivity contribution in [1.29, 1.82) is 0 Å². The Morgan fingerprint density at radius 1 is 0.935 bits per heavy atom. The molecule has 2 aliphatic carbocycles. The zero-order valence-corrected chi connectivity index (χ0v) is 19.1. The minimum Gasteiger partial charge on any atom is -0.205 e. The van der Waals surface area contributed by atoms with E-state index in [9.17, 15) is 8.78 Å². The van der Waals surface area contributed by atoms with E-state index in [0.29, 0.717) is 11.5 Å². The lowest BCUT2D eigenvalue weighted by Crippen LogP contribution is -2.28. The first-order valence-electron chi connectivity index (χ1n) is 11.8. The van der Waals surface area contributed by atoms with Crippen LogP contribution in [0.4, 0.5) is 8.78 Å². The van der Waals surface area contributed by atoms with E-state index in [1.807, 2.05) is 0 Å². The van der Waals surface area contributed by atoms with Crippen LogP contribution in [0.1, 0.15) is 92.9 Å². The molecule has 0 nitrogen and oxygen atoms in total. The Labute approximate surface area is 190 Å². The molecule has 31 heavy (non-hydrogen) atoms. The van der Waals surface area contributed by atoms with Gasteiger partial charge in [-0.3, -0.25) is 0 Å². The van der Waals surface area contributed by atoms with Gasteiger partial charge in [0.1, 0.15) is 16.7 Å². The van der Waals surface area contributed by atoms with Crippen LogP contribution in [0.5, 0.6) is 0 Å². The Morgan fingerprint density at radius 3 is 2.48 bits per heavy atom. The molecule has 0 radical (unpaired) electrons. The number of benzene rings is 2. The van der Waals surface area contributed by atoms with Crippen molar-refractivity contribution in [3.05, 3.63) is 69.2 Å². The summed E-state index contributed by atoms with van der Waals surface area (Å²) < 4.78 is 27.3. The maximum Gasteiger partial charge on any atom is 0.146 e. The van der Waals surface area contributed by atoms with Crippen molar-refractivity contribution in [2.24, 2.45) is 11.8 Å². The topological polar surface area (TPSA) is 0 Å². The van der Waals surface area contributed by atoms with Gasteiger partial charge in [0, 0.05) is 11.1 Å². The summed E-state index contributed by atoms with van der Waals surface area (Å²) in [5, 5.41) is -0.482. The van der Waals surface area contributed by atoms with Crippen LogP contribution in [0.3, 0.4) is 0 Å². The van der Waals surface area contributed by atoms with Gasteiger partial charge in [-0.2, -0.15) is 0 Å². The number of hydrogen-bond donors (Lipinski definition) is 0. The first-order valence-corrected chi connectivity index (χ1v) is 12.2. The third kappa shape index (κ3) is 5.32. The molecular formula is C28H31ClF2. The molecule has 0 aromatic heterocycles. The summed E-state index contributed by atoms with van der Waals surface area (Å²) in [6, 6.07) is 8.86. The fourth-order valence-corrected chi connectivity index (χ4v) is 5.70. The van der Waals surface area contributed by atoms with Crippen molar-refractivity contribution >= 4 is 11.6 Å². The smallest absolute Gasteiger partial charge is 0.146 e. The predicted octanol–water partition coefficient (Wildman–Crippen LogP) is 8.43. The van der Waals surface area contributed by atoms with Crippen molar-refractivity contribution in [2.75, 3.05) is 0 Å². The van der Waals surface area contributed by atoms with Gasteiger partial charge < -0.3 is 0 Å². The molecule has 3 atom stereocenters. The molecule has 3 heteroatoms.